The van der Waals surface area contributed by atoms with E-state index in [1.807, 2.05) is 43.3 Å². The van der Waals surface area contributed by atoms with E-state index < -0.39 is 5.97 Å². The van der Waals surface area contributed by atoms with Crippen molar-refractivity contribution in [2.75, 3.05) is 13.7 Å². The number of carbonyl (C=O) groups is 1. The van der Waals surface area contributed by atoms with Crippen molar-refractivity contribution in [2.24, 2.45) is 0 Å². The van der Waals surface area contributed by atoms with Crippen molar-refractivity contribution in [1.82, 2.24) is 4.98 Å². The molecule has 6 heteroatoms. The first-order chi connectivity index (χ1) is 12.0. The van der Waals surface area contributed by atoms with Gasteiger partial charge in [0, 0.05) is 20.9 Å². The number of aromatic amines is 1. The minimum absolute atomic E-state index is 0.0677. The highest BCUT2D eigenvalue weighted by atomic mass is 79.9. The van der Waals surface area contributed by atoms with Crippen LogP contribution in [0.4, 0.5) is 0 Å². The number of carboxylic acid groups (broad SMARTS) is 1. The maximum absolute atomic E-state index is 11.4. The van der Waals surface area contributed by atoms with E-state index in [1.165, 1.54) is 0 Å². The largest absolute Gasteiger partial charge is 0.493 e. The summed E-state index contributed by atoms with van der Waals surface area (Å²) >= 11 is 3.45. The molecule has 0 spiro atoms. The van der Waals surface area contributed by atoms with Gasteiger partial charge < -0.3 is 19.6 Å². The van der Waals surface area contributed by atoms with Crippen molar-refractivity contribution in [1.29, 1.82) is 0 Å². The number of nitrogens with one attached hydrogen (secondary N) is 1. The Kier molecular flexibility index (Phi) is 4.99. The van der Waals surface area contributed by atoms with E-state index in [9.17, 15) is 9.90 Å². The van der Waals surface area contributed by atoms with Gasteiger partial charge in [0.25, 0.3) is 0 Å². The molecule has 0 fully saturated rings. The van der Waals surface area contributed by atoms with Crippen molar-refractivity contribution in [3.63, 3.8) is 0 Å². The smallest absolute Gasteiger partial charge is 0.307 e. The Bertz CT molecular complexity index is 933. The highest BCUT2D eigenvalue weighted by molar-refractivity contribution is 9.10. The number of rotatable bonds is 6. The maximum Gasteiger partial charge on any atom is 0.307 e. The predicted molar refractivity (Wildman–Crippen MR) is 100 cm³/mol. The number of hydrogen-bond donors (Lipinski definition) is 2. The molecule has 3 aromatic rings. The van der Waals surface area contributed by atoms with E-state index in [0.717, 1.165) is 32.2 Å². The van der Waals surface area contributed by atoms with Crippen LogP contribution in [0.5, 0.6) is 11.5 Å². The van der Waals surface area contributed by atoms with Gasteiger partial charge in [-0.3, -0.25) is 4.79 Å². The second kappa shape index (κ2) is 7.19. The minimum atomic E-state index is -0.874. The Hall–Kier alpha value is -2.47. The van der Waals surface area contributed by atoms with E-state index in [0.29, 0.717) is 18.1 Å². The first-order valence-corrected chi connectivity index (χ1v) is 8.66. The lowest BCUT2D eigenvalue weighted by molar-refractivity contribution is -0.136. The summed E-state index contributed by atoms with van der Waals surface area (Å²) in [6.07, 6.45) is -0.0677. The fourth-order valence-electron chi connectivity index (χ4n) is 2.90. The molecule has 130 valence electrons. The van der Waals surface area contributed by atoms with Crippen molar-refractivity contribution < 1.29 is 19.4 Å². The van der Waals surface area contributed by atoms with E-state index >= 15 is 0 Å². The lowest BCUT2D eigenvalue weighted by Gasteiger charge is -2.11. The van der Waals surface area contributed by atoms with Gasteiger partial charge in [0.05, 0.1) is 25.8 Å². The van der Waals surface area contributed by atoms with Crippen molar-refractivity contribution in [3.05, 3.63) is 46.4 Å². The predicted octanol–water partition coefficient (Wildman–Crippen LogP) is 4.63. The summed E-state index contributed by atoms with van der Waals surface area (Å²) in [6.45, 7) is 2.42. The fourth-order valence-corrected chi connectivity index (χ4v) is 3.26. The maximum atomic E-state index is 11.4. The normalized spacial score (nSPS) is 10.8. The minimum Gasteiger partial charge on any atom is -0.493 e. The topological polar surface area (TPSA) is 71.6 Å². The number of fused-ring (bicyclic) bond motifs is 1. The van der Waals surface area contributed by atoms with Crippen LogP contribution in [0, 0.1) is 0 Å². The van der Waals surface area contributed by atoms with Crippen molar-refractivity contribution in [2.45, 2.75) is 13.3 Å². The number of carboxylic acids is 1. The van der Waals surface area contributed by atoms with Gasteiger partial charge in [-0.1, -0.05) is 15.9 Å². The second-order valence-electron chi connectivity index (χ2n) is 5.54. The van der Waals surface area contributed by atoms with E-state index in [-0.39, 0.29) is 6.42 Å². The molecule has 0 aliphatic carbocycles. The molecule has 0 aliphatic heterocycles. The number of hydrogen-bond acceptors (Lipinski definition) is 3. The number of ether oxygens (including phenoxy) is 2. The third-order valence-electron chi connectivity index (χ3n) is 3.95. The monoisotopic (exact) mass is 403 g/mol. The molecule has 0 aliphatic rings. The summed E-state index contributed by atoms with van der Waals surface area (Å²) < 4.78 is 11.9. The molecule has 0 saturated heterocycles. The van der Waals surface area contributed by atoms with Crippen LogP contribution in [-0.4, -0.2) is 29.8 Å². The zero-order valence-electron chi connectivity index (χ0n) is 13.9. The quantitative estimate of drug-likeness (QED) is 0.629. The molecule has 0 atom stereocenters. The Morgan fingerprint density at radius 1 is 1.20 bits per heavy atom. The van der Waals surface area contributed by atoms with Gasteiger partial charge >= 0.3 is 5.97 Å². The van der Waals surface area contributed by atoms with Gasteiger partial charge in [-0.05, 0) is 48.9 Å². The van der Waals surface area contributed by atoms with Crippen LogP contribution in [0.15, 0.2) is 40.9 Å². The lowest BCUT2D eigenvalue weighted by Crippen LogP contribution is -2.01. The van der Waals surface area contributed by atoms with Crippen molar-refractivity contribution >= 4 is 32.8 Å². The number of halogens is 1. The van der Waals surface area contributed by atoms with E-state index in [4.69, 9.17) is 9.47 Å². The zero-order chi connectivity index (χ0) is 18.0. The van der Waals surface area contributed by atoms with Crippen LogP contribution in [0.2, 0.25) is 0 Å². The molecule has 0 unspecified atom stereocenters. The molecule has 1 heterocycles. The number of aromatic nitrogens is 1. The van der Waals surface area contributed by atoms with Crippen LogP contribution in [-0.2, 0) is 11.2 Å². The van der Waals surface area contributed by atoms with Gasteiger partial charge in [0.15, 0.2) is 11.5 Å². The summed E-state index contributed by atoms with van der Waals surface area (Å²) in [5, 5.41) is 10.2. The molecule has 0 amide bonds. The van der Waals surface area contributed by atoms with Crippen LogP contribution in [0.1, 0.15) is 12.5 Å². The van der Waals surface area contributed by atoms with Crippen LogP contribution in [0.25, 0.3) is 22.2 Å². The average Bonchev–Trinajstić information content (AvgIpc) is 2.92. The number of aliphatic carboxylic acids is 1. The number of methoxy groups -OCH3 is 1. The van der Waals surface area contributed by atoms with E-state index in [1.54, 1.807) is 7.11 Å². The Morgan fingerprint density at radius 2 is 2.00 bits per heavy atom. The molecule has 25 heavy (non-hydrogen) atoms. The highest BCUT2D eigenvalue weighted by Gasteiger charge is 2.17. The van der Waals surface area contributed by atoms with Crippen LogP contribution in [0.3, 0.4) is 0 Å². The molecule has 1 aromatic heterocycles. The molecule has 2 N–H and O–H groups in total. The van der Waals surface area contributed by atoms with Crippen molar-refractivity contribution in [3.8, 4) is 22.8 Å². The zero-order valence-corrected chi connectivity index (χ0v) is 15.5. The Labute approximate surface area is 153 Å². The Morgan fingerprint density at radius 3 is 2.68 bits per heavy atom. The fraction of sp³-hybridized carbons (Fsp3) is 0.211. The summed E-state index contributed by atoms with van der Waals surface area (Å²) in [6, 6.07) is 11.4. The molecule has 5 nitrogen and oxygen atoms in total. The lowest BCUT2D eigenvalue weighted by atomic mass is 10.0. The summed E-state index contributed by atoms with van der Waals surface area (Å²) in [4.78, 5) is 14.7. The highest BCUT2D eigenvalue weighted by Crippen LogP contribution is 2.37. The third-order valence-corrected chi connectivity index (χ3v) is 4.44. The molecule has 0 bridgehead atoms. The van der Waals surface area contributed by atoms with Crippen LogP contribution >= 0.6 is 15.9 Å². The average molecular weight is 404 g/mol. The molecule has 2 aromatic carbocycles. The third kappa shape index (κ3) is 3.49. The number of H-pyrrole nitrogens is 1. The van der Waals surface area contributed by atoms with Gasteiger partial charge in [-0.15, -0.1) is 0 Å². The summed E-state index contributed by atoms with van der Waals surface area (Å²) in [7, 11) is 1.59. The molecular weight excluding hydrogens is 386 g/mol. The van der Waals surface area contributed by atoms with Crippen LogP contribution < -0.4 is 9.47 Å². The SMILES string of the molecule is CCOc1cc(-c2[nH]c3ccc(Br)cc3c2CC(=O)O)ccc1OC. The van der Waals surface area contributed by atoms with E-state index in [2.05, 4.69) is 20.9 Å². The second-order valence-corrected chi connectivity index (χ2v) is 6.45. The molecule has 3 rings (SSSR count). The van der Waals surface area contributed by atoms with Gasteiger partial charge in [0.2, 0.25) is 0 Å². The molecule has 0 saturated carbocycles. The first-order valence-electron chi connectivity index (χ1n) is 7.86. The van der Waals surface area contributed by atoms with Gasteiger partial charge in [-0.2, -0.15) is 0 Å². The standard InChI is InChI=1S/C19H18BrNO4/c1-3-25-17-8-11(4-7-16(17)24-2)19-14(10-18(22)23)13-9-12(20)5-6-15(13)21-19/h4-9,21H,3,10H2,1-2H3,(H,22,23). The van der Waals surface area contributed by atoms with Gasteiger partial charge in [0.1, 0.15) is 0 Å². The van der Waals surface area contributed by atoms with Gasteiger partial charge in [-0.25, -0.2) is 0 Å². The molecule has 0 radical (unpaired) electrons. The molecular formula is C19H18BrNO4. The number of benzene rings is 2. The summed E-state index contributed by atoms with van der Waals surface area (Å²) in [5.74, 6) is 0.397. The summed E-state index contributed by atoms with van der Waals surface area (Å²) in [5.41, 5.74) is 3.27. The Balaban J connectivity index is 2.20. The first kappa shape index (κ1) is 17.4.